The molecule has 0 atom stereocenters. The van der Waals surface area contributed by atoms with E-state index in [1.807, 2.05) is 0 Å². The molecular weight excluding hydrogens is 639 g/mol. The molecule has 53 heavy (non-hydrogen) atoms. The Bertz CT molecular complexity index is 3160. The zero-order chi connectivity index (χ0) is 34.9. The first-order chi connectivity index (χ1) is 26.2. The number of nitrogens with one attached hydrogen (secondary N) is 1. The Labute approximate surface area is 307 Å². The Morgan fingerprint density at radius 3 is 1.40 bits per heavy atom. The van der Waals surface area contributed by atoms with Gasteiger partial charge in [0, 0.05) is 21.8 Å². The van der Waals surface area contributed by atoms with Crippen LogP contribution in [0.5, 0.6) is 0 Å². The van der Waals surface area contributed by atoms with Crippen LogP contribution in [-0.2, 0) is 0 Å². The average Bonchev–Trinajstić information content (AvgIpc) is 3.58. The largest absolute Gasteiger partial charge is 0.354 e. The molecule has 0 saturated heterocycles. The topological polar surface area (TPSA) is 15.8 Å². The fourth-order valence-corrected chi connectivity index (χ4v) is 8.57. The molecule has 0 unspecified atom stereocenters. The SMILES string of the molecule is c1cc(-c2ccc3[nH]c4cc5ccccc5cc4c3c2)cc(-c2c3ccccc3c(-c3ccc(-c4ccc5ccccc5c4)cc3)c3ccccc23)c1. The number of aromatic nitrogens is 1. The molecule has 1 N–H and O–H groups in total. The quantitative estimate of drug-likeness (QED) is 0.179. The number of benzene rings is 10. The van der Waals surface area contributed by atoms with E-state index in [0.717, 1.165) is 5.52 Å². The van der Waals surface area contributed by atoms with E-state index in [0.29, 0.717) is 0 Å². The second-order valence-corrected chi connectivity index (χ2v) is 14.2. The monoisotopic (exact) mass is 671 g/mol. The van der Waals surface area contributed by atoms with Gasteiger partial charge in [0.2, 0.25) is 0 Å². The average molecular weight is 672 g/mol. The highest BCUT2D eigenvalue weighted by Crippen LogP contribution is 2.45. The van der Waals surface area contributed by atoms with Gasteiger partial charge < -0.3 is 4.98 Å². The summed E-state index contributed by atoms with van der Waals surface area (Å²) in [6, 6.07) is 71.4. The lowest BCUT2D eigenvalue weighted by Crippen LogP contribution is -1.91. The smallest absolute Gasteiger partial charge is 0.0471 e. The first-order valence-corrected chi connectivity index (χ1v) is 18.3. The molecule has 246 valence electrons. The summed E-state index contributed by atoms with van der Waals surface area (Å²) in [5.41, 5.74) is 12.2. The van der Waals surface area contributed by atoms with E-state index in [1.54, 1.807) is 0 Å². The number of H-pyrrole nitrogens is 1. The zero-order valence-electron chi connectivity index (χ0n) is 29.0. The number of rotatable bonds is 4. The number of aromatic amines is 1. The number of fused-ring (bicyclic) bond motifs is 7. The van der Waals surface area contributed by atoms with Crippen LogP contribution in [0.25, 0.3) is 109 Å². The maximum Gasteiger partial charge on any atom is 0.0471 e. The minimum absolute atomic E-state index is 1.16. The maximum absolute atomic E-state index is 3.66. The molecule has 0 bridgehead atoms. The summed E-state index contributed by atoms with van der Waals surface area (Å²) in [6.45, 7) is 0. The summed E-state index contributed by atoms with van der Waals surface area (Å²) in [5, 5.41) is 12.6. The highest BCUT2D eigenvalue weighted by atomic mass is 14.7. The van der Waals surface area contributed by atoms with E-state index in [2.05, 4.69) is 199 Å². The first kappa shape index (κ1) is 29.7. The fraction of sp³-hybridized carbons (Fsp3) is 0. The highest BCUT2D eigenvalue weighted by molar-refractivity contribution is 6.21. The molecule has 0 spiro atoms. The minimum Gasteiger partial charge on any atom is -0.354 e. The second kappa shape index (κ2) is 11.8. The van der Waals surface area contributed by atoms with Crippen LogP contribution >= 0.6 is 0 Å². The van der Waals surface area contributed by atoms with Crippen molar-refractivity contribution in [2.24, 2.45) is 0 Å². The summed E-state index contributed by atoms with van der Waals surface area (Å²) in [7, 11) is 0. The molecule has 0 aliphatic rings. The van der Waals surface area contributed by atoms with Gasteiger partial charge in [0.05, 0.1) is 0 Å². The van der Waals surface area contributed by atoms with Gasteiger partial charge in [0.15, 0.2) is 0 Å². The molecule has 11 aromatic rings. The molecule has 0 saturated carbocycles. The molecule has 0 fully saturated rings. The minimum atomic E-state index is 1.16. The van der Waals surface area contributed by atoms with Crippen LogP contribution in [0.4, 0.5) is 0 Å². The predicted octanol–water partition coefficient (Wildman–Crippen LogP) is 14.6. The summed E-state index contributed by atoms with van der Waals surface area (Å²) >= 11 is 0. The Morgan fingerprint density at radius 1 is 0.226 bits per heavy atom. The first-order valence-electron chi connectivity index (χ1n) is 18.3. The third-order valence-electron chi connectivity index (χ3n) is 11.1. The van der Waals surface area contributed by atoms with Gasteiger partial charge in [0.25, 0.3) is 0 Å². The molecule has 0 aliphatic heterocycles. The van der Waals surface area contributed by atoms with Gasteiger partial charge in [-0.3, -0.25) is 0 Å². The molecule has 0 radical (unpaired) electrons. The van der Waals surface area contributed by atoms with Gasteiger partial charge in [-0.2, -0.15) is 0 Å². The summed E-state index contributed by atoms with van der Waals surface area (Å²) in [4.78, 5) is 3.66. The van der Waals surface area contributed by atoms with E-state index in [9.17, 15) is 0 Å². The van der Waals surface area contributed by atoms with Gasteiger partial charge in [0.1, 0.15) is 0 Å². The van der Waals surface area contributed by atoms with Crippen molar-refractivity contribution < 1.29 is 0 Å². The van der Waals surface area contributed by atoms with Gasteiger partial charge >= 0.3 is 0 Å². The summed E-state index contributed by atoms with van der Waals surface area (Å²) in [6.07, 6.45) is 0. The third kappa shape index (κ3) is 4.86. The lowest BCUT2D eigenvalue weighted by Gasteiger charge is -2.18. The van der Waals surface area contributed by atoms with Crippen LogP contribution in [0.2, 0.25) is 0 Å². The normalized spacial score (nSPS) is 11.8. The van der Waals surface area contributed by atoms with E-state index in [1.165, 1.54) is 104 Å². The second-order valence-electron chi connectivity index (χ2n) is 14.2. The standard InChI is InChI=1S/C52H33N/c1-2-11-36-28-40(25-22-33(36)10-1)34-20-23-35(24-21-34)51-43-16-5-7-18-45(43)52(46-19-8-6-17-44(46)51)42-15-9-14-37(29-42)41-26-27-49-47(31-41)48-30-38-12-3-4-13-39(38)32-50(48)53-49/h1-32,53H. The van der Waals surface area contributed by atoms with E-state index in [4.69, 9.17) is 0 Å². The lowest BCUT2D eigenvalue weighted by atomic mass is 9.85. The van der Waals surface area contributed by atoms with Crippen molar-refractivity contribution in [3.63, 3.8) is 0 Å². The van der Waals surface area contributed by atoms with Crippen LogP contribution in [-0.4, -0.2) is 4.98 Å². The van der Waals surface area contributed by atoms with Crippen molar-refractivity contribution in [2.45, 2.75) is 0 Å². The van der Waals surface area contributed by atoms with Crippen molar-refractivity contribution in [1.82, 2.24) is 4.98 Å². The molecule has 1 heteroatoms. The van der Waals surface area contributed by atoms with Crippen molar-refractivity contribution >= 4 is 64.9 Å². The molecule has 0 amide bonds. The molecule has 1 aromatic heterocycles. The van der Waals surface area contributed by atoms with Gasteiger partial charge in [-0.15, -0.1) is 0 Å². The van der Waals surface area contributed by atoms with Crippen LogP contribution in [0, 0.1) is 0 Å². The van der Waals surface area contributed by atoms with Crippen molar-refractivity contribution in [3.8, 4) is 44.5 Å². The Kier molecular flexibility index (Phi) is 6.62. The van der Waals surface area contributed by atoms with E-state index >= 15 is 0 Å². The molecule has 0 aliphatic carbocycles. The Hall–Kier alpha value is -6.96. The van der Waals surface area contributed by atoms with E-state index < -0.39 is 0 Å². The molecule has 10 aromatic carbocycles. The van der Waals surface area contributed by atoms with Gasteiger partial charge in [-0.25, -0.2) is 0 Å². The van der Waals surface area contributed by atoms with Crippen molar-refractivity contribution in [3.05, 3.63) is 194 Å². The van der Waals surface area contributed by atoms with Crippen LogP contribution in [0.3, 0.4) is 0 Å². The molecule has 1 heterocycles. The van der Waals surface area contributed by atoms with Gasteiger partial charge in [-0.05, 0) is 124 Å². The molecular formula is C52H33N. The van der Waals surface area contributed by atoms with Crippen LogP contribution in [0.1, 0.15) is 0 Å². The third-order valence-corrected chi connectivity index (χ3v) is 11.1. The molecule has 11 rings (SSSR count). The molecule has 1 nitrogen and oxygen atoms in total. The highest BCUT2D eigenvalue weighted by Gasteiger charge is 2.17. The summed E-state index contributed by atoms with van der Waals surface area (Å²) in [5.74, 6) is 0. The fourth-order valence-electron chi connectivity index (χ4n) is 8.57. The van der Waals surface area contributed by atoms with Crippen LogP contribution in [0.15, 0.2) is 194 Å². The van der Waals surface area contributed by atoms with Gasteiger partial charge in [-0.1, -0.05) is 158 Å². The number of hydrogen-bond donors (Lipinski definition) is 1. The zero-order valence-corrected chi connectivity index (χ0v) is 29.0. The maximum atomic E-state index is 3.66. The van der Waals surface area contributed by atoms with Crippen molar-refractivity contribution in [1.29, 1.82) is 0 Å². The van der Waals surface area contributed by atoms with Crippen molar-refractivity contribution in [2.75, 3.05) is 0 Å². The summed E-state index contributed by atoms with van der Waals surface area (Å²) < 4.78 is 0. The van der Waals surface area contributed by atoms with Crippen LogP contribution < -0.4 is 0 Å². The Morgan fingerprint density at radius 2 is 0.698 bits per heavy atom. The van der Waals surface area contributed by atoms with E-state index in [-0.39, 0.29) is 0 Å². The predicted molar refractivity (Wildman–Crippen MR) is 228 cm³/mol. The lowest BCUT2D eigenvalue weighted by molar-refractivity contribution is 1.55. The number of hydrogen-bond acceptors (Lipinski definition) is 0. The Balaban J connectivity index is 1.05.